The van der Waals surface area contributed by atoms with Gasteiger partial charge in [-0.25, -0.2) is 0 Å². The highest BCUT2D eigenvalue weighted by Gasteiger charge is 2.32. The summed E-state index contributed by atoms with van der Waals surface area (Å²) >= 11 is 4.08. The number of fused-ring (bicyclic) bond motifs is 1. The molecule has 1 aliphatic heterocycles. The Labute approximate surface area is 210 Å². The van der Waals surface area contributed by atoms with Crippen molar-refractivity contribution in [3.05, 3.63) is 30.0 Å². The first kappa shape index (κ1) is 26.6. The smallest absolute Gasteiger partial charge is 0.268 e. The molecule has 0 saturated carbocycles. The molecule has 1 saturated heterocycles. The van der Waals surface area contributed by atoms with E-state index >= 15 is 0 Å². The SMILES string of the molecule is COc1cccc2[nH]c(C(=O)N[C@@H](CC(C)C)C(=O)N[C@@H](C[C@@H]3CCCNC3=O)C(=O)CS)cc12. The molecule has 1 aliphatic rings. The summed E-state index contributed by atoms with van der Waals surface area (Å²) in [6, 6.07) is 5.44. The van der Waals surface area contributed by atoms with Crippen LogP contribution in [0, 0.1) is 11.8 Å². The molecule has 0 aliphatic carbocycles. The number of Topliss-reactive ketones (excluding diaryl/α,β-unsaturated/α-hetero) is 1. The van der Waals surface area contributed by atoms with Gasteiger partial charge in [-0.05, 0) is 49.8 Å². The molecule has 0 spiro atoms. The van der Waals surface area contributed by atoms with E-state index in [1.54, 1.807) is 19.2 Å². The fraction of sp³-hybridized carbons (Fsp3) is 0.520. The van der Waals surface area contributed by atoms with Crippen LogP contribution in [0.4, 0.5) is 0 Å². The Hall–Kier alpha value is -3.01. The minimum Gasteiger partial charge on any atom is -0.496 e. The number of carbonyl (C=O) groups excluding carboxylic acids is 4. The van der Waals surface area contributed by atoms with Crippen LogP contribution in [0.1, 0.15) is 50.0 Å². The second-order valence-electron chi connectivity index (χ2n) is 9.31. The van der Waals surface area contributed by atoms with Crippen molar-refractivity contribution < 1.29 is 23.9 Å². The van der Waals surface area contributed by atoms with Crippen LogP contribution >= 0.6 is 12.6 Å². The Morgan fingerprint density at radius 2 is 1.97 bits per heavy atom. The van der Waals surface area contributed by atoms with Crippen molar-refractivity contribution in [2.24, 2.45) is 11.8 Å². The molecule has 0 radical (unpaired) electrons. The topological polar surface area (TPSA) is 129 Å². The van der Waals surface area contributed by atoms with Crippen LogP contribution in [0.3, 0.4) is 0 Å². The third-order valence-electron chi connectivity index (χ3n) is 6.20. The molecule has 1 aromatic carbocycles. The van der Waals surface area contributed by atoms with Gasteiger partial charge in [0.1, 0.15) is 17.5 Å². The molecule has 1 aromatic heterocycles. The first-order chi connectivity index (χ1) is 16.7. The third-order valence-corrected chi connectivity index (χ3v) is 6.51. The highest BCUT2D eigenvalue weighted by Crippen LogP contribution is 2.26. The van der Waals surface area contributed by atoms with Gasteiger partial charge in [0.05, 0.1) is 18.9 Å². The number of nitrogens with one attached hydrogen (secondary N) is 4. The molecule has 3 amide bonds. The van der Waals surface area contributed by atoms with Crippen LogP contribution in [-0.2, 0) is 14.4 Å². The predicted molar refractivity (Wildman–Crippen MR) is 137 cm³/mol. The first-order valence-electron chi connectivity index (χ1n) is 11.9. The molecule has 3 atom stereocenters. The number of hydrogen-bond donors (Lipinski definition) is 5. The second kappa shape index (κ2) is 12.1. The maximum atomic E-state index is 13.2. The number of ketones is 1. The molecule has 0 bridgehead atoms. The molecule has 9 nitrogen and oxygen atoms in total. The summed E-state index contributed by atoms with van der Waals surface area (Å²) in [6.45, 7) is 4.51. The zero-order valence-corrected chi connectivity index (χ0v) is 21.2. The van der Waals surface area contributed by atoms with Crippen LogP contribution in [0.25, 0.3) is 10.9 Å². The quantitative estimate of drug-likeness (QED) is 0.301. The van der Waals surface area contributed by atoms with E-state index in [0.29, 0.717) is 30.8 Å². The van der Waals surface area contributed by atoms with Crippen molar-refractivity contribution >= 4 is 47.0 Å². The van der Waals surface area contributed by atoms with E-state index < -0.39 is 23.9 Å². The molecule has 2 heterocycles. The van der Waals surface area contributed by atoms with E-state index in [4.69, 9.17) is 4.74 Å². The minimum absolute atomic E-state index is 0.0581. The second-order valence-corrected chi connectivity index (χ2v) is 9.63. The van der Waals surface area contributed by atoms with Crippen molar-refractivity contribution in [2.45, 2.75) is 51.6 Å². The van der Waals surface area contributed by atoms with Crippen LogP contribution < -0.4 is 20.7 Å². The van der Waals surface area contributed by atoms with E-state index in [1.165, 1.54) is 0 Å². The molecule has 190 valence electrons. The summed E-state index contributed by atoms with van der Waals surface area (Å²) in [5.41, 5.74) is 1.04. The third kappa shape index (κ3) is 6.78. The van der Waals surface area contributed by atoms with Crippen LogP contribution in [0.15, 0.2) is 24.3 Å². The number of aromatic amines is 1. The number of aromatic nitrogens is 1. The van der Waals surface area contributed by atoms with E-state index in [9.17, 15) is 19.2 Å². The van der Waals surface area contributed by atoms with Crippen molar-refractivity contribution in [1.82, 2.24) is 20.9 Å². The number of methoxy groups -OCH3 is 1. The number of carbonyl (C=O) groups is 4. The molecular weight excluding hydrogens is 468 g/mol. The average molecular weight is 503 g/mol. The Balaban J connectivity index is 1.75. The van der Waals surface area contributed by atoms with Gasteiger partial charge in [0.15, 0.2) is 5.78 Å². The number of rotatable bonds is 11. The first-order valence-corrected chi connectivity index (χ1v) is 12.5. The minimum atomic E-state index is -0.855. The molecule has 1 fully saturated rings. The summed E-state index contributed by atoms with van der Waals surface area (Å²) in [5.74, 6) is -0.938. The lowest BCUT2D eigenvalue weighted by molar-refractivity contribution is -0.131. The number of ether oxygens (including phenoxy) is 1. The number of thiol groups is 1. The van der Waals surface area contributed by atoms with Crippen LogP contribution in [0.5, 0.6) is 5.75 Å². The van der Waals surface area contributed by atoms with Gasteiger partial charge in [-0.1, -0.05) is 19.9 Å². The Kier molecular flexibility index (Phi) is 9.20. The van der Waals surface area contributed by atoms with Crippen molar-refractivity contribution in [2.75, 3.05) is 19.4 Å². The number of amides is 3. The number of hydrogen-bond acceptors (Lipinski definition) is 6. The molecule has 10 heteroatoms. The highest BCUT2D eigenvalue weighted by atomic mass is 32.1. The lowest BCUT2D eigenvalue weighted by atomic mass is 9.90. The maximum absolute atomic E-state index is 13.2. The zero-order chi connectivity index (χ0) is 25.5. The fourth-order valence-electron chi connectivity index (χ4n) is 4.36. The Bertz CT molecular complexity index is 1080. The largest absolute Gasteiger partial charge is 0.496 e. The number of benzene rings is 1. The normalized spacial score (nSPS) is 17.5. The standard InChI is InChI=1S/C25H34N4O5S/c1-14(2)10-19(29-25(33)20-12-16-17(27-20)7-4-8-22(16)34-3)24(32)28-18(21(30)13-35)11-15-6-5-9-26-23(15)31/h4,7-8,12,14-15,18-19,27,35H,5-6,9-11,13H2,1-3H3,(H,26,31)(H,28,32)(H,29,33)/t15-,18-,19-/m0/s1. The van der Waals surface area contributed by atoms with Crippen LogP contribution in [-0.4, -0.2) is 60.0 Å². The van der Waals surface area contributed by atoms with E-state index in [2.05, 4.69) is 33.6 Å². The zero-order valence-electron chi connectivity index (χ0n) is 20.3. The van der Waals surface area contributed by atoms with Gasteiger partial charge >= 0.3 is 0 Å². The van der Waals surface area contributed by atoms with E-state index in [0.717, 1.165) is 17.3 Å². The van der Waals surface area contributed by atoms with Gasteiger partial charge in [-0.15, -0.1) is 0 Å². The number of piperidine rings is 1. The summed E-state index contributed by atoms with van der Waals surface area (Å²) in [6.07, 6.45) is 2.08. The monoisotopic (exact) mass is 502 g/mol. The van der Waals surface area contributed by atoms with Gasteiger partial charge in [0.2, 0.25) is 11.8 Å². The highest BCUT2D eigenvalue weighted by molar-refractivity contribution is 7.81. The van der Waals surface area contributed by atoms with Crippen LogP contribution in [0.2, 0.25) is 0 Å². The molecule has 4 N–H and O–H groups in total. The molecule has 2 aromatic rings. The van der Waals surface area contributed by atoms with Gasteiger partial charge in [0.25, 0.3) is 5.91 Å². The van der Waals surface area contributed by atoms with Crippen molar-refractivity contribution in [3.63, 3.8) is 0 Å². The molecule has 3 rings (SSSR count). The summed E-state index contributed by atoms with van der Waals surface area (Å²) in [5, 5.41) is 9.15. The summed E-state index contributed by atoms with van der Waals surface area (Å²) < 4.78 is 5.36. The van der Waals surface area contributed by atoms with Crippen molar-refractivity contribution in [1.29, 1.82) is 0 Å². The predicted octanol–water partition coefficient (Wildman–Crippen LogP) is 2.22. The van der Waals surface area contributed by atoms with Gasteiger partial charge in [-0.2, -0.15) is 12.6 Å². The molecular formula is C25H34N4O5S. The maximum Gasteiger partial charge on any atom is 0.268 e. The van der Waals surface area contributed by atoms with Crippen molar-refractivity contribution in [3.8, 4) is 5.75 Å². The fourth-order valence-corrected chi connectivity index (χ4v) is 4.59. The summed E-state index contributed by atoms with van der Waals surface area (Å²) in [4.78, 5) is 54.1. The lowest BCUT2D eigenvalue weighted by Crippen LogP contribution is -2.53. The molecule has 35 heavy (non-hydrogen) atoms. The lowest BCUT2D eigenvalue weighted by Gasteiger charge is -2.28. The number of H-pyrrole nitrogens is 1. The van der Waals surface area contributed by atoms with Gasteiger partial charge in [0, 0.05) is 23.4 Å². The Morgan fingerprint density at radius 1 is 1.20 bits per heavy atom. The average Bonchev–Trinajstić information content (AvgIpc) is 3.28. The Morgan fingerprint density at radius 3 is 2.63 bits per heavy atom. The van der Waals surface area contributed by atoms with E-state index in [-0.39, 0.29) is 35.7 Å². The summed E-state index contributed by atoms with van der Waals surface area (Å²) in [7, 11) is 1.56. The van der Waals surface area contributed by atoms with Gasteiger partial charge in [-0.3, -0.25) is 19.2 Å². The van der Waals surface area contributed by atoms with Gasteiger partial charge < -0.3 is 25.7 Å². The molecule has 0 unspecified atom stereocenters. The van der Waals surface area contributed by atoms with E-state index in [1.807, 2.05) is 26.0 Å².